The summed E-state index contributed by atoms with van der Waals surface area (Å²) in [5.41, 5.74) is 3.77. The Morgan fingerprint density at radius 2 is 1.76 bits per heavy atom. The molecular formula is C33H30Cl3N3O5S. The molecule has 45 heavy (non-hydrogen) atoms. The third-order valence-corrected chi connectivity index (χ3v) is 8.94. The van der Waals surface area contributed by atoms with Crippen molar-refractivity contribution < 1.29 is 19.0 Å². The van der Waals surface area contributed by atoms with Crippen molar-refractivity contribution in [3.05, 3.63) is 117 Å². The molecule has 8 nitrogen and oxygen atoms in total. The lowest BCUT2D eigenvalue weighted by molar-refractivity contribution is -0.139. The molecule has 0 saturated carbocycles. The fraction of sp³-hybridized carbons (Fsp3) is 0.242. The SMILES string of the molecule is CCOC(=O)C1=C(C)N=c2sc(=Cc3ccc(OC)c(COc4c(Cl)cc(Cl)cc4Cl)c3)c(=O)n2C1c1ccc(N(C)C)cc1. The molecule has 1 aliphatic heterocycles. The van der Waals surface area contributed by atoms with Crippen molar-refractivity contribution in [3.8, 4) is 11.5 Å². The fourth-order valence-corrected chi connectivity index (χ4v) is 7.00. The van der Waals surface area contributed by atoms with E-state index in [9.17, 15) is 9.59 Å². The molecule has 0 bridgehead atoms. The summed E-state index contributed by atoms with van der Waals surface area (Å²) in [4.78, 5) is 34.4. The van der Waals surface area contributed by atoms with Crippen LogP contribution in [0, 0.1) is 0 Å². The van der Waals surface area contributed by atoms with Crippen molar-refractivity contribution in [1.29, 1.82) is 0 Å². The molecule has 1 atom stereocenters. The van der Waals surface area contributed by atoms with Gasteiger partial charge in [-0.2, -0.15) is 0 Å². The number of rotatable bonds is 9. The highest BCUT2D eigenvalue weighted by molar-refractivity contribution is 7.07. The second kappa shape index (κ2) is 13.7. The highest BCUT2D eigenvalue weighted by Crippen LogP contribution is 2.37. The van der Waals surface area contributed by atoms with Crippen molar-refractivity contribution in [2.24, 2.45) is 4.99 Å². The van der Waals surface area contributed by atoms with Crippen LogP contribution in [-0.2, 0) is 16.1 Å². The highest BCUT2D eigenvalue weighted by Gasteiger charge is 2.33. The topological polar surface area (TPSA) is 82.4 Å². The third-order valence-electron chi connectivity index (χ3n) is 7.18. The Bertz CT molecular complexity index is 1960. The molecule has 1 aromatic heterocycles. The number of hydrogen-bond acceptors (Lipinski definition) is 8. The minimum Gasteiger partial charge on any atom is -0.496 e. The number of methoxy groups -OCH3 is 1. The smallest absolute Gasteiger partial charge is 0.338 e. The summed E-state index contributed by atoms with van der Waals surface area (Å²) in [5.74, 6) is 0.385. The maximum absolute atomic E-state index is 14.0. The molecule has 0 aliphatic carbocycles. The number of halogens is 3. The first-order valence-corrected chi connectivity index (χ1v) is 15.9. The second-order valence-corrected chi connectivity index (χ2v) is 12.6. The van der Waals surface area contributed by atoms with Gasteiger partial charge < -0.3 is 19.1 Å². The van der Waals surface area contributed by atoms with Crippen LogP contribution in [0.3, 0.4) is 0 Å². The van der Waals surface area contributed by atoms with E-state index < -0.39 is 12.0 Å². The lowest BCUT2D eigenvalue weighted by atomic mass is 9.95. The molecular weight excluding hydrogens is 657 g/mol. The molecule has 0 spiro atoms. The van der Waals surface area contributed by atoms with E-state index in [4.69, 9.17) is 49.0 Å². The van der Waals surface area contributed by atoms with Gasteiger partial charge in [-0.25, -0.2) is 9.79 Å². The first-order valence-electron chi connectivity index (χ1n) is 13.9. The molecule has 1 unspecified atom stereocenters. The minimum absolute atomic E-state index is 0.0955. The first-order chi connectivity index (χ1) is 21.5. The average Bonchev–Trinajstić information content (AvgIpc) is 3.29. The summed E-state index contributed by atoms with van der Waals surface area (Å²) in [6.45, 7) is 3.81. The Kier molecular flexibility index (Phi) is 9.94. The van der Waals surface area contributed by atoms with Crippen LogP contribution in [0.25, 0.3) is 6.08 Å². The number of nitrogens with zero attached hydrogens (tertiary/aromatic N) is 3. The first kappa shape index (κ1) is 32.6. The number of thiazole rings is 1. The molecule has 0 amide bonds. The second-order valence-electron chi connectivity index (χ2n) is 10.3. The Labute approximate surface area is 279 Å². The fourth-order valence-electron chi connectivity index (χ4n) is 5.03. The van der Waals surface area contributed by atoms with E-state index in [1.807, 2.05) is 55.4 Å². The molecule has 12 heteroatoms. The van der Waals surface area contributed by atoms with E-state index in [0.717, 1.165) is 16.8 Å². The average molecular weight is 687 g/mol. The van der Waals surface area contributed by atoms with Gasteiger partial charge in [-0.05, 0) is 67.4 Å². The zero-order chi connectivity index (χ0) is 32.4. The largest absolute Gasteiger partial charge is 0.496 e. The van der Waals surface area contributed by atoms with Gasteiger partial charge in [-0.3, -0.25) is 9.36 Å². The molecule has 1 aliphatic rings. The van der Waals surface area contributed by atoms with Gasteiger partial charge in [0.2, 0.25) is 0 Å². The molecule has 3 aromatic carbocycles. The zero-order valence-corrected chi connectivity index (χ0v) is 28.3. The summed E-state index contributed by atoms with van der Waals surface area (Å²) in [7, 11) is 5.46. The Balaban J connectivity index is 1.57. The summed E-state index contributed by atoms with van der Waals surface area (Å²) in [6, 6.07) is 15.7. The van der Waals surface area contributed by atoms with Crippen LogP contribution in [0.2, 0.25) is 15.1 Å². The number of ether oxygens (including phenoxy) is 3. The van der Waals surface area contributed by atoms with E-state index in [1.165, 1.54) is 11.3 Å². The molecule has 5 rings (SSSR count). The molecule has 4 aromatic rings. The summed E-state index contributed by atoms with van der Waals surface area (Å²) < 4.78 is 18.9. The van der Waals surface area contributed by atoms with Gasteiger partial charge in [-0.15, -0.1) is 0 Å². The Morgan fingerprint density at radius 3 is 2.38 bits per heavy atom. The number of allylic oxidation sites excluding steroid dienone is 1. The molecule has 0 N–H and O–H groups in total. The van der Waals surface area contributed by atoms with Crippen LogP contribution in [-0.4, -0.2) is 38.3 Å². The Hall–Kier alpha value is -3.76. The van der Waals surface area contributed by atoms with E-state index in [2.05, 4.69) is 4.99 Å². The monoisotopic (exact) mass is 685 g/mol. The number of benzene rings is 3. The van der Waals surface area contributed by atoms with Gasteiger partial charge in [-0.1, -0.05) is 64.3 Å². The van der Waals surface area contributed by atoms with Crippen LogP contribution in [0.15, 0.2) is 75.7 Å². The van der Waals surface area contributed by atoms with Gasteiger partial charge in [0.1, 0.15) is 12.4 Å². The van der Waals surface area contributed by atoms with E-state index >= 15 is 0 Å². The summed E-state index contributed by atoms with van der Waals surface area (Å²) in [5, 5.41) is 0.968. The minimum atomic E-state index is -0.702. The quantitative estimate of drug-likeness (QED) is 0.189. The number of carbonyl (C=O) groups is 1. The van der Waals surface area contributed by atoms with Crippen molar-refractivity contribution in [1.82, 2.24) is 4.57 Å². The van der Waals surface area contributed by atoms with Crippen molar-refractivity contribution in [2.75, 3.05) is 32.7 Å². The highest BCUT2D eigenvalue weighted by atomic mass is 35.5. The molecule has 234 valence electrons. The van der Waals surface area contributed by atoms with Crippen molar-refractivity contribution in [3.63, 3.8) is 0 Å². The lowest BCUT2D eigenvalue weighted by Crippen LogP contribution is -2.39. The van der Waals surface area contributed by atoms with Crippen LogP contribution >= 0.6 is 46.1 Å². The molecule has 0 radical (unpaired) electrons. The van der Waals surface area contributed by atoms with Crippen LogP contribution in [0.4, 0.5) is 5.69 Å². The lowest BCUT2D eigenvalue weighted by Gasteiger charge is -2.25. The van der Waals surface area contributed by atoms with Crippen LogP contribution < -0.4 is 29.3 Å². The number of aromatic nitrogens is 1. The normalized spacial score (nSPS) is 14.6. The standard InChI is InChI=1S/C33H30Cl3N3O5S/c1-6-43-32(41)28-18(2)37-33-39(29(28)20-8-10-23(11-9-20)38(3)4)31(40)27(45-33)14-19-7-12-26(42-5)21(13-19)17-44-30-24(35)15-22(34)16-25(30)36/h7-16,29H,6,17H2,1-5H3. The van der Waals surface area contributed by atoms with Gasteiger partial charge in [0, 0.05) is 30.4 Å². The number of carbonyl (C=O) groups excluding carboxylic acids is 1. The third kappa shape index (κ3) is 6.77. The molecule has 2 heterocycles. The van der Waals surface area contributed by atoms with Crippen molar-refractivity contribution in [2.45, 2.75) is 26.5 Å². The summed E-state index contributed by atoms with van der Waals surface area (Å²) in [6.07, 6.45) is 1.78. The van der Waals surface area contributed by atoms with Gasteiger partial charge in [0.15, 0.2) is 10.6 Å². The van der Waals surface area contributed by atoms with Crippen LogP contribution in [0.1, 0.15) is 36.6 Å². The number of anilines is 1. The predicted octanol–water partition coefficient (Wildman–Crippen LogP) is 6.41. The van der Waals surface area contributed by atoms with Gasteiger partial charge in [0.05, 0.1) is 45.6 Å². The van der Waals surface area contributed by atoms with E-state index in [0.29, 0.717) is 42.7 Å². The summed E-state index contributed by atoms with van der Waals surface area (Å²) >= 11 is 19.9. The Morgan fingerprint density at radius 1 is 1.07 bits per heavy atom. The van der Waals surface area contributed by atoms with Gasteiger partial charge >= 0.3 is 5.97 Å². The predicted molar refractivity (Wildman–Crippen MR) is 180 cm³/mol. The van der Waals surface area contributed by atoms with E-state index in [1.54, 1.807) is 49.8 Å². The number of esters is 1. The van der Waals surface area contributed by atoms with Gasteiger partial charge in [0.25, 0.3) is 5.56 Å². The number of hydrogen-bond donors (Lipinski definition) is 0. The maximum atomic E-state index is 14.0. The molecule has 0 fully saturated rings. The van der Waals surface area contributed by atoms with Crippen molar-refractivity contribution >= 4 is 63.9 Å². The van der Waals surface area contributed by atoms with Crippen LogP contribution in [0.5, 0.6) is 11.5 Å². The zero-order valence-electron chi connectivity index (χ0n) is 25.2. The number of fused-ring (bicyclic) bond motifs is 1. The molecule has 0 saturated heterocycles. The van der Waals surface area contributed by atoms with E-state index in [-0.39, 0.29) is 28.8 Å². The maximum Gasteiger partial charge on any atom is 0.338 e.